The van der Waals surface area contributed by atoms with Gasteiger partial charge < -0.3 is 15.3 Å². The van der Waals surface area contributed by atoms with Crippen molar-refractivity contribution in [1.29, 1.82) is 0 Å². The van der Waals surface area contributed by atoms with Gasteiger partial charge in [-0.05, 0) is 43.0 Å². The van der Waals surface area contributed by atoms with Gasteiger partial charge in [-0.3, -0.25) is 14.9 Å². The molecule has 2 aromatic rings. The minimum Gasteiger partial charge on any atom is -0.508 e. The van der Waals surface area contributed by atoms with Crippen LogP contribution < -0.4 is 10.2 Å². The normalized spacial score (nSPS) is 16.7. The first-order valence-electron chi connectivity index (χ1n) is 8.94. The monoisotopic (exact) mass is 370 g/mol. The molecule has 1 aromatic carbocycles. The lowest BCUT2D eigenvalue weighted by Crippen LogP contribution is -2.43. The number of phenols is 1. The molecule has 0 aliphatic carbocycles. The average Bonchev–Trinajstić information content (AvgIpc) is 2.69. The summed E-state index contributed by atoms with van der Waals surface area (Å²) in [5, 5.41) is 23.0. The summed E-state index contributed by atoms with van der Waals surface area (Å²) in [7, 11) is 0. The maximum Gasteiger partial charge on any atom is 0.287 e. The highest BCUT2D eigenvalue weighted by molar-refractivity contribution is 5.79. The van der Waals surface area contributed by atoms with E-state index in [1.807, 2.05) is 17.0 Å². The highest BCUT2D eigenvalue weighted by atomic mass is 16.6. The smallest absolute Gasteiger partial charge is 0.287 e. The zero-order valence-electron chi connectivity index (χ0n) is 14.9. The van der Waals surface area contributed by atoms with Crippen LogP contribution in [0.3, 0.4) is 0 Å². The van der Waals surface area contributed by atoms with E-state index in [0.717, 1.165) is 24.9 Å². The quantitative estimate of drug-likeness (QED) is 0.596. The zero-order valence-corrected chi connectivity index (χ0v) is 14.9. The van der Waals surface area contributed by atoms with Gasteiger partial charge in [0.05, 0.1) is 10.8 Å². The number of piperidine rings is 1. The summed E-state index contributed by atoms with van der Waals surface area (Å²) in [6.07, 6.45) is 3.63. The zero-order chi connectivity index (χ0) is 19.2. The number of pyridine rings is 1. The molecule has 1 saturated heterocycles. The van der Waals surface area contributed by atoms with Gasteiger partial charge in [0.2, 0.25) is 5.91 Å². The largest absolute Gasteiger partial charge is 0.508 e. The fourth-order valence-electron chi connectivity index (χ4n) is 3.21. The summed E-state index contributed by atoms with van der Waals surface area (Å²) in [5.41, 5.74) is 1.01. The summed E-state index contributed by atoms with van der Waals surface area (Å²) < 4.78 is 0. The number of carbonyl (C=O) groups is 1. The second kappa shape index (κ2) is 8.48. The molecule has 142 valence electrons. The molecule has 8 nitrogen and oxygen atoms in total. The molecule has 1 aliphatic heterocycles. The Labute approximate surface area is 157 Å². The van der Waals surface area contributed by atoms with Crippen molar-refractivity contribution in [1.82, 2.24) is 10.3 Å². The molecule has 1 atom stereocenters. The van der Waals surface area contributed by atoms with E-state index in [9.17, 15) is 20.0 Å². The Kier molecular flexibility index (Phi) is 5.85. The highest BCUT2D eigenvalue weighted by Crippen LogP contribution is 2.23. The fraction of sp³-hybridized carbons (Fsp3) is 0.368. The van der Waals surface area contributed by atoms with Crippen molar-refractivity contribution in [3.05, 3.63) is 58.3 Å². The van der Waals surface area contributed by atoms with Crippen molar-refractivity contribution in [3.63, 3.8) is 0 Å². The summed E-state index contributed by atoms with van der Waals surface area (Å²) in [4.78, 5) is 28.9. The third kappa shape index (κ3) is 4.93. The van der Waals surface area contributed by atoms with E-state index >= 15 is 0 Å². The maximum atomic E-state index is 12.5. The molecule has 1 aromatic heterocycles. The van der Waals surface area contributed by atoms with E-state index in [-0.39, 0.29) is 23.3 Å². The van der Waals surface area contributed by atoms with Crippen molar-refractivity contribution in [2.45, 2.75) is 19.3 Å². The van der Waals surface area contributed by atoms with Crippen molar-refractivity contribution in [2.24, 2.45) is 5.92 Å². The Hall–Kier alpha value is -3.16. The maximum absolute atomic E-state index is 12.5. The first-order valence-corrected chi connectivity index (χ1v) is 8.94. The molecule has 8 heteroatoms. The van der Waals surface area contributed by atoms with Crippen LogP contribution in [0, 0.1) is 16.0 Å². The summed E-state index contributed by atoms with van der Waals surface area (Å²) in [5.74, 6) is 0.767. The Balaban J connectivity index is 1.51. The topological polar surface area (TPSA) is 109 Å². The number of nitro groups is 1. The van der Waals surface area contributed by atoms with Crippen LogP contribution in [-0.2, 0) is 11.2 Å². The SMILES string of the molecule is O=C(NCCc1ccc(O)cc1)C1CCCN(c2ccc([N+](=O)[O-])cn2)C1. The molecular formula is C19H22N4O4. The molecule has 0 radical (unpaired) electrons. The van der Waals surface area contributed by atoms with Crippen LogP contribution in [0.2, 0.25) is 0 Å². The number of nitrogens with zero attached hydrogens (tertiary/aromatic N) is 3. The number of amides is 1. The van der Waals surface area contributed by atoms with E-state index in [1.54, 1.807) is 18.2 Å². The molecule has 1 amide bonds. The molecule has 2 N–H and O–H groups in total. The van der Waals surface area contributed by atoms with Gasteiger partial charge in [0.25, 0.3) is 5.69 Å². The van der Waals surface area contributed by atoms with Gasteiger partial charge in [-0.2, -0.15) is 0 Å². The Morgan fingerprint density at radius 3 is 2.74 bits per heavy atom. The number of aromatic hydroxyl groups is 1. The van der Waals surface area contributed by atoms with Crippen LogP contribution in [0.15, 0.2) is 42.6 Å². The van der Waals surface area contributed by atoms with Crippen molar-refractivity contribution in [3.8, 4) is 5.75 Å². The summed E-state index contributed by atoms with van der Waals surface area (Å²) in [6.45, 7) is 1.87. The van der Waals surface area contributed by atoms with Crippen LogP contribution in [0.25, 0.3) is 0 Å². The molecule has 3 rings (SSSR count). The molecule has 0 bridgehead atoms. The summed E-state index contributed by atoms with van der Waals surface area (Å²) >= 11 is 0. The van der Waals surface area contributed by atoms with Crippen LogP contribution in [0.4, 0.5) is 11.5 Å². The molecule has 0 spiro atoms. The molecule has 1 aliphatic rings. The molecule has 1 unspecified atom stereocenters. The lowest BCUT2D eigenvalue weighted by molar-refractivity contribution is -0.385. The van der Waals surface area contributed by atoms with Gasteiger partial charge in [0.1, 0.15) is 17.8 Å². The van der Waals surface area contributed by atoms with Crippen molar-refractivity contribution < 1.29 is 14.8 Å². The first kappa shape index (κ1) is 18.6. The molecular weight excluding hydrogens is 348 g/mol. The number of phenolic OH excluding ortho intramolecular Hbond substituents is 1. The number of anilines is 1. The van der Waals surface area contributed by atoms with Crippen LogP contribution in [0.1, 0.15) is 18.4 Å². The Bertz CT molecular complexity index is 792. The lowest BCUT2D eigenvalue weighted by atomic mass is 9.97. The van der Waals surface area contributed by atoms with Crippen LogP contribution >= 0.6 is 0 Å². The van der Waals surface area contributed by atoms with Gasteiger partial charge in [0.15, 0.2) is 0 Å². The highest BCUT2D eigenvalue weighted by Gasteiger charge is 2.26. The third-order valence-electron chi connectivity index (χ3n) is 4.71. The molecule has 2 heterocycles. The summed E-state index contributed by atoms with van der Waals surface area (Å²) in [6, 6.07) is 10.0. The number of hydrogen-bond acceptors (Lipinski definition) is 6. The Morgan fingerprint density at radius 1 is 1.30 bits per heavy atom. The van der Waals surface area contributed by atoms with Crippen molar-refractivity contribution in [2.75, 3.05) is 24.5 Å². The predicted octanol–water partition coefficient (Wildman–Crippen LogP) is 2.27. The number of carbonyl (C=O) groups excluding carboxylic acids is 1. The van der Waals surface area contributed by atoms with Crippen LogP contribution in [0.5, 0.6) is 5.75 Å². The number of rotatable bonds is 6. The van der Waals surface area contributed by atoms with Gasteiger partial charge >= 0.3 is 0 Å². The van der Waals surface area contributed by atoms with E-state index in [1.165, 1.54) is 12.3 Å². The Morgan fingerprint density at radius 2 is 2.07 bits per heavy atom. The van der Waals surface area contributed by atoms with E-state index in [0.29, 0.717) is 25.3 Å². The number of hydrogen-bond donors (Lipinski definition) is 2. The molecule has 0 saturated carbocycles. The fourth-order valence-corrected chi connectivity index (χ4v) is 3.21. The van der Waals surface area contributed by atoms with Crippen molar-refractivity contribution >= 4 is 17.4 Å². The minimum atomic E-state index is -0.475. The van der Waals surface area contributed by atoms with E-state index in [2.05, 4.69) is 10.3 Å². The van der Waals surface area contributed by atoms with Crippen LogP contribution in [-0.4, -0.2) is 40.6 Å². The predicted molar refractivity (Wildman–Crippen MR) is 101 cm³/mol. The minimum absolute atomic E-state index is 0.0143. The molecule has 1 fully saturated rings. The van der Waals surface area contributed by atoms with Gasteiger partial charge in [0, 0.05) is 25.7 Å². The van der Waals surface area contributed by atoms with Gasteiger partial charge in [-0.25, -0.2) is 4.98 Å². The van der Waals surface area contributed by atoms with E-state index < -0.39 is 4.92 Å². The second-order valence-electron chi connectivity index (χ2n) is 6.62. The molecule has 27 heavy (non-hydrogen) atoms. The number of aromatic nitrogens is 1. The van der Waals surface area contributed by atoms with Gasteiger partial charge in [-0.15, -0.1) is 0 Å². The number of nitrogens with one attached hydrogen (secondary N) is 1. The van der Waals surface area contributed by atoms with Gasteiger partial charge in [-0.1, -0.05) is 12.1 Å². The first-order chi connectivity index (χ1) is 13.0. The number of benzene rings is 1. The van der Waals surface area contributed by atoms with E-state index in [4.69, 9.17) is 0 Å². The lowest BCUT2D eigenvalue weighted by Gasteiger charge is -2.32. The average molecular weight is 370 g/mol. The third-order valence-corrected chi connectivity index (χ3v) is 4.71. The second-order valence-corrected chi connectivity index (χ2v) is 6.62. The standard InChI is InChI=1S/C19H22N4O4/c24-17-6-3-14(4-7-17)9-10-20-19(25)15-2-1-11-22(13-15)18-8-5-16(12-21-18)23(26)27/h3-8,12,15,24H,1-2,9-11,13H2,(H,20,25).